The molecule has 0 saturated carbocycles. The molecular formula is C16H14ClN5O3S2. The van der Waals surface area contributed by atoms with Crippen LogP contribution in [0.15, 0.2) is 40.9 Å². The summed E-state index contributed by atoms with van der Waals surface area (Å²) < 4.78 is 6.49. The van der Waals surface area contributed by atoms with Crippen LogP contribution in [-0.4, -0.2) is 44.4 Å². The zero-order valence-electron chi connectivity index (χ0n) is 14.1. The minimum atomic E-state index is -0.464. The third kappa shape index (κ3) is 4.85. The number of amides is 1. The number of hydrogen-bond acceptors (Lipinski definition) is 8. The van der Waals surface area contributed by atoms with Gasteiger partial charge in [-0.05, 0) is 53.1 Å². The Labute approximate surface area is 167 Å². The molecule has 2 heterocycles. The quantitative estimate of drug-likeness (QED) is 0.459. The number of ether oxygens (including phenoxy) is 1. The number of tetrazole rings is 1. The van der Waals surface area contributed by atoms with E-state index in [1.807, 2.05) is 0 Å². The van der Waals surface area contributed by atoms with Crippen LogP contribution in [0.25, 0.3) is 5.69 Å². The van der Waals surface area contributed by atoms with Crippen molar-refractivity contribution in [2.75, 3.05) is 17.7 Å². The second-order valence-electron chi connectivity index (χ2n) is 5.07. The Bertz CT molecular complexity index is 942. The second kappa shape index (κ2) is 8.98. The van der Waals surface area contributed by atoms with Gasteiger partial charge in [0.25, 0.3) is 0 Å². The van der Waals surface area contributed by atoms with Crippen molar-refractivity contribution in [3.63, 3.8) is 0 Å². The number of thiophene rings is 1. The summed E-state index contributed by atoms with van der Waals surface area (Å²) in [6.07, 6.45) is 0. The Morgan fingerprint density at radius 2 is 2.07 bits per heavy atom. The summed E-state index contributed by atoms with van der Waals surface area (Å²) in [6.45, 7) is 2.00. The van der Waals surface area contributed by atoms with E-state index < -0.39 is 5.97 Å². The minimum Gasteiger partial charge on any atom is -0.462 e. The molecule has 8 nitrogen and oxygen atoms in total. The number of carbonyl (C=O) groups excluding carboxylic acids is 2. The van der Waals surface area contributed by atoms with E-state index in [-0.39, 0.29) is 18.3 Å². The van der Waals surface area contributed by atoms with Crippen LogP contribution in [0.4, 0.5) is 5.00 Å². The molecule has 3 aromatic rings. The molecule has 0 aliphatic carbocycles. The van der Waals surface area contributed by atoms with Crippen LogP contribution < -0.4 is 5.32 Å². The highest BCUT2D eigenvalue weighted by atomic mass is 35.5. The molecule has 0 spiro atoms. The average Bonchev–Trinajstić information content (AvgIpc) is 3.30. The van der Waals surface area contributed by atoms with Crippen LogP contribution in [0.2, 0.25) is 5.02 Å². The number of aromatic nitrogens is 4. The SMILES string of the molecule is CCOC(=O)c1ccsc1NC(=O)CSc1nnnn1-c1ccc(Cl)cc1. The van der Waals surface area contributed by atoms with Gasteiger partial charge in [0.2, 0.25) is 11.1 Å². The number of halogens is 1. The van der Waals surface area contributed by atoms with Crippen molar-refractivity contribution in [3.8, 4) is 5.69 Å². The number of nitrogens with one attached hydrogen (secondary N) is 1. The van der Waals surface area contributed by atoms with Crippen molar-refractivity contribution in [2.24, 2.45) is 0 Å². The Balaban J connectivity index is 1.63. The first kappa shape index (κ1) is 19.3. The molecule has 1 amide bonds. The lowest BCUT2D eigenvalue weighted by molar-refractivity contribution is -0.113. The van der Waals surface area contributed by atoms with E-state index >= 15 is 0 Å². The van der Waals surface area contributed by atoms with Gasteiger partial charge in [-0.1, -0.05) is 23.4 Å². The zero-order chi connectivity index (χ0) is 19.2. The lowest BCUT2D eigenvalue weighted by atomic mass is 10.3. The van der Waals surface area contributed by atoms with Gasteiger partial charge >= 0.3 is 5.97 Å². The largest absolute Gasteiger partial charge is 0.462 e. The summed E-state index contributed by atoms with van der Waals surface area (Å²) in [4.78, 5) is 24.1. The molecule has 27 heavy (non-hydrogen) atoms. The molecule has 0 saturated heterocycles. The smallest absolute Gasteiger partial charge is 0.341 e. The molecular weight excluding hydrogens is 410 g/mol. The first-order valence-corrected chi connectivity index (χ1v) is 10.0. The Kier molecular flexibility index (Phi) is 6.43. The highest BCUT2D eigenvalue weighted by Gasteiger charge is 2.17. The number of carbonyl (C=O) groups is 2. The molecule has 0 radical (unpaired) electrons. The summed E-state index contributed by atoms with van der Waals surface area (Å²) >= 11 is 8.32. The summed E-state index contributed by atoms with van der Waals surface area (Å²) in [6, 6.07) is 8.63. The van der Waals surface area contributed by atoms with Crippen molar-refractivity contribution in [2.45, 2.75) is 12.1 Å². The van der Waals surface area contributed by atoms with Crippen LogP contribution >= 0.6 is 34.7 Å². The molecule has 11 heteroatoms. The predicted octanol–water partition coefficient (Wildman–Crippen LogP) is 3.28. The number of benzene rings is 1. The lowest BCUT2D eigenvalue weighted by Gasteiger charge is -2.06. The molecule has 1 N–H and O–H groups in total. The van der Waals surface area contributed by atoms with Gasteiger partial charge in [0.05, 0.1) is 23.6 Å². The maximum absolute atomic E-state index is 12.3. The third-order valence-electron chi connectivity index (χ3n) is 3.26. The van der Waals surface area contributed by atoms with Crippen molar-refractivity contribution in [1.82, 2.24) is 20.2 Å². The predicted molar refractivity (Wildman–Crippen MR) is 104 cm³/mol. The topological polar surface area (TPSA) is 99.0 Å². The second-order valence-corrected chi connectivity index (χ2v) is 7.37. The molecule has 1 aromatic carbocycles. The van der Waals surface area contributed by atoms with Crippen LogP contribution in [0, 0.1) is 0 Å². The van der Waals surface area contributed by atoms with Crippen LogP contribution in [-0.2, 0) is 9.53 Å². The molecule has 0 bridgehead atoms. The highest BCUT2D eigenvalue weighted by molar-refractivity contribution is 7.99. The van der Waals surface area contributed by atoms with Crippen LogP contribution in [0.1, 0.15) is 17.3 Å². The van der Waals surface area contributed by atoms with E-state index in [0.29, 0.717) is 20.7 Å². The number of rotatable bonds is 7. The average molecular weight is 424 g/mol. The molecule has 3 rings (SSSR count). The van der Waals surface area contributed by atoms with Gasteiger partial charge in [-0.25, -0.2) is 4.79 Å². The molecule has 140 valence electrons. The van der Waals surface area contributed by atoms with Crippen molar-refractivity contribution < 1.29 is 14.3 Å². The van der Waals surface area contributed by atoms with E-state index in [9.17, 15) is 9.59 Å². The number of nitrogens with zero attached hydrogens (tertiary/aromatic N) is 4. The molecule has 0 unspecified atom stereocenters. The molecule has 2 aromatic heterocycles. The minimum absolute atomic E-state index is 0.0775. The van der Waals surface area contributed by atoms with Crippen LogP contribution in [0.3, 0.4) is 0 Å². The zero-order valence-corrected chi connectivity index (χ0v) is 16.5. The first-order chi connectivity index (χ1) is 13.1. The van der Waals surface area contributed by atoms with E-state index in [0.717, 1.165) is 5.69 Å². The van der Waals surface area contributed by atoms with Crippen molar-refractivity contribution in [3.05, 3.63) is 46.3 Å². The Morgan fingerprint density at radius 3 is 2.81 bits per heavy atom. The third-order valence-corrected chi connectivity index (χ3v) is 5.26. The van der Waals surface area contributed by atoms with Gasteiger partial charge in [-0.3, -0.25) is 4.79 Å². The monoisotopic (exact) mass is 423 g/mol. The van der Waals surface area contributed by atoms with Gasteiger partial charge in [0, 0.05) is 5.02 Å². The fraction of sp³-hybridized carbons (Fsp3) is 0.188. The number of esters is 1. The summed E-state index contributed by atoms with van der Waals surface area (Å²) in [7, 11) is 0. The normalized spacial score (nSPS) is 10.6. The number of hydrogen-bond donors (Lipinski definition) is 1. The van der Waals surface area contributed by atoms with Crippen molar-refractivity contribution >= 4 is 51.6 Å². The fourth-order valence-electron chi connectivity index (χ4n) is 2.08. The molecule has 0 atom stereocenters. The summed E-state index contributed by atoms with van der Waals surface area (Å²) in [5.41, 5.74) is 1.07. The van der Waals surface area contributed by atoms with Gasteiger partial charge in [0.15, 0.2) is 0 Å². The van der Waals surface area contributed by atoms with E-state index in [1.54, 1.807) is 42.6 Å². The van der Waals surface area contributed by atoms with Gasteiger partial charge in [-0.15, -0.1) is 16.4 Å². The standard InChI is InChI=1S/C16H14ClN5O3S2/c1-2-25-15(24)12-7-8-26-14(12)18-13(23)9-27-16-19-20-21-22(16)11-5-3-10(17)4-6-11/h3-8H,2,9H2,1H3,(H,18,23). The van der Waals surface area contributed by atoms with E-state index in [1.165, 1.54) is 27.8 Å². The van der Waals surface area contributed by atoms with Crippen molar-refractivity contribution in [1.29, 1.82) is 0 Å². The van der Waals surface area contributed by atoms with Gasteiger partial charge in [0.1, 0.15) is 5.00 Å². The highest BCUT2D eigenvalue weighted by Crippen LogP contribution is 2.25. The maximum atomic E-state index is 12.3. The Hall–Kier alpha value is -2.43. The first-order valence-electron chi connectivity index (χ1n) is 7.80. The molecule has 0 aliphatic rings. The van der Waals surface area contributed by atoms with E-state index in [2.05, 4.69) is 20.8 Å². The van der Waals surface area contributed by atoms with Gasteiger partial charge in [-0.2, -0.15) is 4.68 Å². The maximum Gasteiger partial charge on any atom is 0.341 e. The summed E-state index contributed by atoms with van der Waals surface area (Å²) in [5, 5.41) is 17.5. The van der Waals surface area contributed by atoms with Crippen LogP contribution in [0.5, 0.6) is 0 Å². The fourth-order valence-corrected chi connectivity index (χ4v) is 3.69. The summed E-state index contributed by atoms with van der Waals surface area (Å²) in [5.74, 6) is -0.666. The lowest BCUT2D eigenvalue weighted by Crippen LogP contribution is -2.16. The number of thioether (sulfide) groups is 1. The Morgan fingerprint density at radius 1 is 1.30 bits per heavy atom. The van der Waals surface area contributed by atoms with Gasteiger partial charge < -0.3 is 10.1 Å². The van der Waals surface area contributed by atoms with E-state index in [4.69, 9.17) is 16.3 Å². The molecule has 0 fully saturated rings. The number of anilines is 1. The molecule has 0 aliphatic heterocycles.